The molecule has 4 atom stereocenters. The number of carbonyl (C=O) groups is 2. The van der Waals surface area contributed by atoms with Crippen LogP contribution in [0.5, 0.6) is 0 Å². The Morgan fingerprint density at radius 3 is 2.72 bits per heavy atom. The second-order valence-corrected chi connectivity index (χ2v) is 5.01. The molecule has 0 aromatic rings. The second-order valence-electron chi connectivity index (χ2n) is 5.01. The average Bonchev–Trinajstić information content (AvgIpc) is 2.90. The number of hydrogen-bond donors (Lipinski definition) is 3. The second kappa shape index (κ2) is 5.56. The fourth-order valence-electron chi connectivity index (χ4n) is 2.70. The first kappa shape index (κ1) is 13.1. The number of nitrogens with one attached hydrogen (secondary N) is 2. The van der Waals surface area contributed by atoms with E-state index in [2.05, 4.69) is 10.6 Å². The van der Waals surface area contributed by atoms with Gasteiger partial charge in [-0.25, -0.2) is 9.59 Å². The van der Waals surface area contributed by atoms with Crippen molar-refractivity contribution >= 4 is 12.0 Å². The molecule has 2 aliphatic heterocycles. The fraction of sp³-hybridized carbons (Fsp3) is 0.833. The minimum atomic E-state index is -0.990. The number of hydrogen-bond acceptors (Lipinski definition) is 3. The van der Waals surface area contributed by atoms with E-state index in [1.807, 2.05) is 6.92 Å². The minimum absolute atomic E-state index is 0.0276. The van der Waals surface area contributed by atoms with Gasteiger partial charge in [0.05, 0.1) is 18.2 Å². The van der Waals surface area contributed by atoms with Crippen LogP contribution in [-0.2, 0) is 9.53 Å². The van der Waals surface area contributed by atoms with Crippen LogP contribution in [0.15, 0.2) is 0 Å². The normalized spacial score (nSPS) is 31.1. The maximum absolute atomic E-state index is 11.7. The lowest BCUT2D eigenvalue weighted by Crippen LogP contribution is -2.51. The van der Waals surface area contributed by atoms with Crippen molar-refractivity contribution in [2.45, 2.75) is 63.3 Å². The third kappa shape index (κ3) is 2.93. The quantitative estimate of drug-likeness (QED) is 0.680. The van der Waals surface area contributed by atoms with Crippen LogP contribution in [0.25, 0.3) is 0 Å². The van der Waals surface area contributed by atoms with Crippen LogP contribution < -0.4 is 10.6 Å². The largest absolute Gasteiger partial charge is 0.480 e. The summed E-state index contributed by atoms with van der Waals surface area (Å²) < 4.78 is 5.63. The Hall–Kier alpha value is -1.30. The Kier molecular flexibility index (Phi) is 4.06. The number of amides is 2. The molecule has 6 nitrogen and oxygen atoms in total. The smallest absolute Gasteiger partial charge is 0.326 e. The molecule has 3 unspecified atom stereocenters. The molecule has 0 radical (unpaired) electrons. The van der Waals surface area contributed by atoms with E-state index in [0.717, 1.165) is 19.3 Å². The van der Waals surface area contributed by atoms with Gasteiger partial charge in [-0.05, 0) is 25.7 Å². The summed E-state index contributed by atoms with van der Waals surface area (Å²) in [6, 6.07) is -1.19. The van der Waals surface area contributed by atoms with E-state index >= 15 is 0 Å². The molecule has 0 aromatic carbocycles. The standard InChI is InChI=1S/C12H20N2O4/c1-2-3-8(11(15)16)13-12(17)14-9-6-7-4-5-10(9)18-7/h7-10H,2-6H2,1H3,(H,15,16)(H2,13,14,17)/t7?,8-,9?,10?/m1/s1. The predicted molar refractivity (Wildman–Crippen MR) is 64.3 cm³/mol. The van der Waals surface area contributed by atoms with Crippen molar-refractivity contribution in [1.82, 2.24) is 10.6 Å². The lowest BCUT2D eigenvalue weighted by Gasteiger charge is -2.22. The molecule has 2 amide bonds. The van der Waals surface area contributed by atoms with Crippen LogP contribution >= 0.6 is 0 Å². The Morgan fingerprint density at radius 2 is 2.22 bits per heavy atom. The number of ether oxygens (including phenoxy) is 1. The van der Waals surface area contributed by atoms with Crippen LogP contribution in [-0.4, -0.2) is 41.4 Å². The molecule has 0 aromatic heterocycles. The zero-order chi connectivity index (χ0) is 13.1. The molecule has 0 aliphatic carbocycles. The summed E-state index contributed by atoms with van der Waals surface area (Å²) in [5.41, 5.74) is 0. The summed E-state index contributed by atoms with van der Waals surface area (Å²) in [6.45, 7) is 1.89. The average molecular weight is 256 g/mol. The number of aliphatic carboxylic acids is 1. The molecule has 0 saturated carbocycles. The first-order chi connectivity index (χ1) is 8.60. The van der Waals surface area contributed by atoms with Crippen LogP contribution in [0.1, 0.15) is 39.0 Å². The number of rotatable bonds is 5. The summed E-state index contributed by atoms with van der Waals surface area (Å²) in [7, 11) is 0. The Bertz CT molecular complexity index is 334. The van der Waals surface area contributed by atoms with E-state index in [-0.39, 0.29) is 18.2 Å². The summed E-state index contributed by atoms with van der Waals surface area (Å²) in [4.78, 5) is 22.6. The Morgan fingerprint density at radius 1 is 1.44 bits per heavy atom. The highest BCUT2D eigenvalue weighted by Gasteiger charge is 2.41. The predicted octanol–water partition coefficient (Wildman–Crippen LogP) is 0.859. The van der Waals surface area contributed by atoms with Gasteiger partial charge in [0.1, 0.15) is 6.04 Å². The number of carboxylic acid groups (broad SMARTS) is 1. The summed E-state index contributed by atoms with van der Waals surface area (Å²) in [5.74, 6) is -0.990. The lowest BCUT2D eigenvalue weighted by atomic mass is 9.96. The zero-order valence-electron chi connectivity index (χ0n) is 10.5. The maximum Gasteiger partial charge on any atom is 0.326 e. The summed E-state index contributed by atoms with van der Waals surface area (Å²) >= 11 is 0. The molecule has 2 fully saturated rings. The molecule has 3 N–H and O–H groups in total. The lowest BCUT2D eigenvalue weighted by molar-refractivity contribution is -0.139. The van der Waals surface area contributed by atoms with Crippen LogP contribution in [0.2, 0.25) is 0 Å². The van der Waals surface area contributed by atoms with Gasteiger partial charge in [0.15, 0.2) is 0 Å². The van der Waals surface area contributed by atoms with Crippen molar-refractivity contribution in [2.24, 2.45) is 0 Å². The topological polar surface area (TPSA) is 87.7 Å². The van der Waals surface area contributed by atoms with E-state index in [9.17, 15) is 9.59 Å². The maximum atomic E-state index is 11.7. The molecular weight excluding hydrogens is 236 g/mol. The van der Waals surface area contributed by atoms with E-state index in [4.69, 9.17) is 9.84 Å². The van der Waals surface area contributed by atoms with Crippen LogP contribution in [0, 0.1) is 0 Å². The monoisotopic (exact) mass is 256 g/mol. The molecule has 6 heteroatoms. The molecule has 2 heterocycles. The highest BCUT2D eigenvalue weighted by Crippen LogP contribution is 2.34. The molecule has 2 bridgehead atoms. The van der Waals surface area contributed by atoms with Crippen molar-refractivity contribution < 1.29 is 19.4 Å². The van der Waals surface area contributed by atoms with Gasteiger partial charge in [-0.2, -0.15) is 0 Å². The van der Waals surface area contributed by atoms with E-state index in [1.165, 1.54) is 0 Å². The molecular formula is C12H20N2O4. The zero-order valence-corrected chi connectivity index (χ0v) is 10.5. The van der Waals surface area contributed by atoms with Crippen LogP contribution in [0.4, 0.5) is 4.79 Å². The van der Waals surface area contributed by atoms with E-state index < -0.39 is 18.0 Å². The van der Waals surface area contributed by atoms with Gasteiger partial charge < -0.3 is 20.5 Å². The minimum Gasteiger partial charge on any atom is -0.480 e. The molecule has 2 saturated heterocycles. The third-order valence-electron chi connectivity index (χ3n) is 3.60. The van der Waals surface area contributed by atoms with E-state index in [1.54, 1.807) is 0 Å². The first-order valence-corrected chi connectivity index (χ1v) is 6.55. The molecule has 0 spiro atoms. The highest BCUT2D eigenvalue weighted by molar-refractivity contribution is 5.82. The summed E-state index contributed by atoms with van der Waals surface area (Å²) in [6.07, 6.45) is 4.42. The number of fused-ring (bicyclic) bond motifs is 2. The Balaban J connectivity index is 1.79. The first-order valence-electron chi connectivity index (χ1n) is 6.55. The molecule has 18 heavy (non-hydrogen) atoms. The van der Waals surface area contributed by atoms with Gasteiger partial charge in [-0.3, -0.25) is 0 Å². The molecule has 102 valence electrons. The van der Waals surface area contributed by atoms with Crippen LogP contribution in [0.3, 0.4) is 0 Å². The highest BCUT2D eigenvalue weighted by atomic mass is 16.5. The van der Waals surface area contributed by atoms with Gasteiger partial charge >= 0.3 is 12.0 Å². The van der Waals surface area contributed by atoms with Crippen molar-refractivity contribution in [3.8, 4) is 0 Å². The summed E-state index contributed by atoms with van der Waals surface area (Å²) in [5, 5.41) is 14.3. The van der Waals surface area contributed by atoms with Gasteiger partial charge in [0.2, 0.25) is 0 Å². The number of carbonyl (C=O) groups excluding carboxylic acids is 1. The van der Waals surface area contributed by atoms with Gasteiger partial charge in [-0.15, -0.1) is 0 Å². The van der Waals surface area contributed by atoms with Gasteiger partial charge in [0, 0.05) is 0 Å². The molecule has 2 aliphatic rings. The van der Waals surface area contributed by atoms with E-state index in [0.29, 0.717) is 12.8 Å². The van der Waals surface area contributed by atoms with Crippen molar-refractivity contribution in [3.05, 3.63) is 0 Å². The third-order valence-corrected chi connectivity index (χ3v) is 3.60. The fourth-order valence-corrected chi connectivity index (χ4v) is 2.70. The number of urea groups is 1. The van der Waals surface area contributed by atoms with Crippen molar-refractivity contribution in [3.63, 3.8) is 0 Å². The van der Waals surface area contributed by atoms with Gasteiger partial charge in [0.25, 0.3) is 0 Å². The van der Waals surface area contributed by atoms with Crippen molar-refractivity contribution in [1.29, 1.82) is 0 Å². The Labute approximate surface area is 106 Å². The number of carboxylic acids is 1. The molecule has 2 rings (SSSR count). The SMILES string of the molecule is CCC[C@@H](NC(=O)NC1CC2CCC1O2)C(=O)O. The van der Waals surface area contributed by atoms with Crippen molar-refractivity contribution in [2.75, 3.05) is 0 Å². The van der Waals surface area contributed by atoms with Gasteiger partial charge in [-0.1, -0.05) is 13.3 Å².